The van der Waals surface area contributed by atoms with Crippen LogP contribution < -0.4 is 22.1 Å². The van der Waals surface area contributed by atoms with Crippen molar-refractivity contribution in [2.24, 2.45) is 12.8 Å². The molecule has 10 heteroatoms. The summed E-state index contributed by atoms with van der Waals surface area (Å²) in [5.41, 5.74) is 13.9. The summed E-state index contributed by atoms with van der Waals surface area (Å²) in [7, 11) is 1.77. The molecule has 1 atom stereocenters. The van der Waals surface area contributed by atoms with Crippen LogP contribution in [0.25, 0.3) is 11.2 Å². The molecule has 0 aliphatic heterocycles. The Bertz CT molecular complexity index is 874. The second-order valence-electron chi connectivity index (χ2n) is 5.50. The highest BCUT2D eigenvalue weighted by atomic mass is 35.5. The van der Waals surface area contributed by atoms with Gasteiger partial charge in [-0.05, 0) is 25.1 Å². The van der Waals surface area contributed by atoms with E-state index in [2.05, 4.69) is 30.9 Å². The van der Waals surface area contributed by atoms with Gasteiger partial charge >= 0.3 is 0 Å². The molecule has 2 heterocycles. The molecule has 0 radical (unpaired) electrons. The van der Waals surface area contributed by atoms with Crippen LogP contribution in [-0.2, 0) is 7.05 Å². The van der Waals surface area contributed by atoms with Gasteiger partial charge in [0.15, 0.2) is 17.0 Å². The van der Waals surface area contributed by atoms with Crippen molar-refractivity contribution in [3.8, 4) is 0 Å². The lowest BCUT2D eigenvalue weighted by Crippen LogP contribution is -2.26. The number of aromatic nitrogens is 5. The average molecular weight is 348 g/mol. The number of nitrogens with two attached hydrogens (primary N) is 2. The van der Waals surface area contributed by atoms with Gasteiger partial charge in [-0.3, -0.25) is 0 Å². The molecule has 1 unspecified atom stereocenters. The Morgan fingerprint density at radius 1 is 1.33 bits per heavy atom. The lowest BCUT2D eigenvalue weighted by atomic mass is 10.3. The second-order valence-corrected chi connectivity index (χ2v) is 5.91. The maximum Gasteiger partial charge on any atom is 0.226 e. The molecule has 126 valence electrons. The third kappa shape index (κ3) is 3.31. The minimum Gasteiger partial charge on any atom is -0.398 e. The van der Waals surface area contributed by atoms with Crippen LogP contribution in [0.2, 0.25) is 5.02 Å². The van der Waals surface area contributed by atoms with E-state index in [1.54, 1.807) is 29.9 Å². The van der Waals surface area contributed by atoms with Gasteiger partial charge in [-0.15, -0.1) is 5.10 Å². The standard InChI is InChI=1S/C14H18ClN9/c1-7(16)6-18-14-20-12(11-13(21-14)24(2)23-22-11)19-8-3-4-10(17)9(15)5-8/h3-5,7H,6,16-17H2,1-2H3,(H2,18,19,20,21). The maximum absolute atomic E-state index is 6.06. The number of rotatable bonds is 5. The quantitative estimate of drug-likeness (QED) is 0.510. The molecule has 1 aromatic carbocycles. The summed E-state index contributed by atoms with van der Waals surface area (Å²) in [5.74, 6) is 0.954. The van der Waals surface area contributed by atoms with E-state index in [0.29, 0.717) is 40.2 Å². The van der Waals surface area contributed by atoms with Gasteiger partial charge in [0.25, 0.3) is 0 Å². The number of nitrogens with one attached hydrogen (secondary N) is 2. The third-order valence-corrected chi connectivity index (χ3v) is 3.62. The highest BCUT2D eigenvalue weighted by molar-refractivity contribution is 6.33. The zero-order valence-electron chi connectivity index (χ0n) is 13.3. The van der Waals surface area contributed by atoms with Crippen molar-refractivity contribution in [3.05, 3.63) is 23.2 Å². The summed E-state index contributed by atoms with van der Waals surface area (Å²) in [6, 6.07) is 5.22. The van der Waals surface area contributed by atoms with E-state index in [1.165, 1.54) is 0 Å². The van der Waals surface area contributed by atoms with Gasteiger partial charge in [0, 0.05) is 25.3 Å². The number of nitrogen functional groups attached to an aromatic ring is 1. The van der Waals surface area contributed by atoms with Gasteiger partial charge in [0.05, 0.1) is 10.7 Å². The van der Waals surface area contributed by atoms with Crippen molar-refractivity contribution < 1.29 is 0 Å². The van der Waals surface area contributed by atoms with E-state index >= 15 is 0 Å². The van der Waals surface area contributed by atoms with Crippen molar-refractivity contribution in [1.29, 1.82) is 0 Å². The van der Waals surface area contributed by atoms with Gasteiger partial charge in [0.1, 0.15) is 0 Å². The summed E-state index contributed by atoms with van der Waals surface area (Å²) in [6.45, 7) is 2.44. The van der Waals surface area contributed by atoms with Crippen LogP contribution in [0, 0.1) is 0 Å². The number of anilines is 4. The number of hydrogen-bond donors (Lipinski definition) is 4. The molecule has 0 saturated heterocycles. The predicted octanol–water partition coefficient (Wildman–Crippen LogP) is 1.50. The summed E-state index contributed by atoms with van der Waals surface area (Å²) in [4.78, 5) is 8.87. The minimum atomic E-state index is -0.0266. The number of fused-ring (bicyclic) bond motifs is 1. The van der Waals surface area contributed by atoms with Crippen LogP contribution >= 0.6 is 11.6 Å². The van der Waals surface area contributed by atoms with Gasteiger partial charge in [-0.25, -0.2) is 4.68 Å². The van der Waals surface area contributed by atoms with Crippen LogP contribution in [0.1, 0.15) is 6.92 Å². The summed E-state index contributed by atoms with van der Waals surface area (Å²) < 4.78 is 1.58. The Kier molecular flexibility index (Phi) is 4.36. The highest BCUT2D eigenvalue weighted by Crippen LogP contribution is 2.27. The molecule has 0 amide bonds. The SMILES string of the molecule is CC(N)CNc1nc(Nc2ccc(N)c(Cl)c2)c2nnn(C)c2n1. The van der Waals surface area contributed by atoms with E-state index in [0.717, 1.165) is 5.69 Å². The number of halogens is 1. The van der Waals surface area contributed by atoms with Crippen LogP contribution in [0.3, 0.4) is 0 Å². The van der Waals surface area contributed by atoms with E-state index in [-0.39, 0.29) is 6.04 Å². The molecular weight excluding hydrogens is 330 g/mol. The average Bonchev–Trinajstić information content (AvgIpc) is 2.91. The first-order chi connectivity index (χ1) is 11.4. The molecule has 9 nitrogen and oxygen atoms in total. The summed E-state index contributed by atoms with van der Waals surface area (Å²) >= 11 is 6.06. The fraction of sp³-hybridized carbons (Fsp3) is 0.286. The van der Waals surface area contributed by atoms with Crippen molar-refractivity contribution in [2.45, 2.75) is 13.0 Å². The molecule has 6 N–H and O–H groups in total. The molecule has 0 aliphatic carbocycles. The predicted molar refractivity (Wildman–Crippen MR) is 95.4 cm³/mol. The van der Waals surface area contributed by atoms with Crippen LogP contribution in [0.4, 0.5) is 23.1 Å². The molecule has 0 spiro atoms. The molecule has 3 rings (SSSR count). The first-order valence-electron chi connectivity index (χ1n) is 7.33. The normalized spacial score (nSPS) is 12.3. The Labute approximate surface area is 143 Å². The molecule has 0 saturated carbocycles. The minimum absolute atomic E-state index is 0.0266. The Morgan fingerprint density at radius 2 is 2.12 bits per heavy atom. The zero-order valence-corrected chi connectivity index (χ0v) is 14.0. The summed E-state index contributed by atoms with van der Waals surface area (Å²) in [6.07, 6.45) is 0. The zero-order chi connectivity index (χ0) is 17.3. The van der Waals surface area contributed by atoms with Crippen LogP contribution in [0.15, 0.2) is 18.2 Å². The van der Waals surface area contributed by atoms with E-state index < -0.39 is 0 Å². The molecule has 0 fully saturated rings. The van der Waals surface area contributed by atoms with Gasteiger partial charge in [0.2, 0.25) is 5.95 Å². The van der Waals surface area contributed by atoms with Crippen molar-refractivity contribution >= 4 is 45.9 Å². The lowest BCUT2D eigenvalue weighted by molar-refractivity contribution is 0.729. The fourth-order valence-electron chi connectivity index (χ4n) is 2.07. The van der Waals surface area contributed by atoms with Crippen molar-refractivity contribution in [3.63, 3.8) is 0 Å². The molecular formula is C14H18ClN9. The van der Waals surface area contributed by atoms with E-state index in [1.807, 2.05) is 6.92 Å². The topological polar surface area (TPSA) is 133 Å². The van der Waals surface area contributed by atoms with Crippen LogP contribution in [-0.4, -0.2) is 37.5 Å². The molecule has 24 heavy (non-hydrogen) atoms. The summed E-state index contributed by atoms with van der Waals surface area (Å²) in [5, 5.41) is 14.8. The number of nitrogens with zero attached hydrogens (tertiary/aromatic N) is 5. The van der Waals surface area contributed by atoms with Gasteiger partial charge in [-0.1, -0.05) is 16.8 Å². The number of aryl methyl sites for hydroxylation is 1. The number of hydrogen-bond acceptors (Lipinski definition) is 8. The molecule has 2 aromatic heterocycles. The molecule has 0 bridgehead atoms. The van der Waals surface area contributed by atoms with Gasteiger partial charge in [-0.2, -0.15) is 9.97 Å². The Morgan fingerprint density at radius 3 is 2.83 bits per heavy atom. The van der Waals surface area contributed by atoms with Gasteiger partial charge < -0.3 is 22.1 Å². The number of benzene rings is 1. The largest absolute Gasteiger partial charge is 0.398 e. The maximum atomic E-state index is 6.06. The van der Waals surface area contributed by atoms with Crippen molar-refractivity contribution in [2.75, 3.05) is 22.9 Å². The highest BCUT2D eigenvalue weighted by Gasteiger charge is 2.14. The third-order valence-electron chi connectivity index (χ3n) is 3.30. The smallest absolute Gasteiger partial charge is 0.226 e. The molecule has 3 aromatic rings. The first kappa shape index (κ1) is 16.2. The fourth-order valence-corrected chi connectivity index (χ4v) is 2.26. The van der Waals surface area contributed by atoms with Crippen molar-refractivity contribution in [1.82, 2.24) is 25.0 Å². The monoisotopic (exact) mass is 347 g/mol. The lowest BCUT2D eigenvalue weighted by Gasteiger charge is -2.11. The first-order valence-corrected chi connectivity index (χ1v) is 7.70. The Hall–Kier alpha value is -2.65. The second kappa shape index (κ2) is 6.46. The van der Waals surface area contributed by atoms with E-state index in [4.69, 9.17) is 23.1 Å². The molecule has 0 aliphatic rings. The van der Waals surface area contributed by atoms with Crippen LogP contribution in [0.5, 0.6) is 0 Å². The van der Waals surface area contributed by atoms with E-state index in [9.17, 15) is 0 Å². The Balaban J connectivity index is 1.99.